The first-order chi connectivity index (χ1) is 19.5. The van der Waals surface area contributed by atoms with Crippen LogP contribution in [0.15, 0.2) is 78.9 Å². The van der Waals surface area contributed by atoms with Crippen LogP contribution in [0.2, 0.25) is 0 Å². The molecular weight excluding hydrogens is 524 g/mol. The van der Waals surface area contributed by atoms with Crippen molar-refractivity contribution in [1.82, 2.24) is 4.98 Å². The van der Waals surface area contributed by atoms with Crippen molar-refractivity contribution in [2.45, 2.75) is 20.3 Å². The van der Waals surface area contributed by atoms with Gasteiger partial charge < -0.3 is 19.5 Å². The van der Waals surface area contributed by atoms with E-state index < -0.39 is 5.97 Å². The van der Waals surface area contributed by atoms with Crippen LogP contribution >= 0.6 is 11.3 Å². The number of aromatic nitrogens is 1. The first kappa shape index (κ1) is 25.6. The number of fused-ring (bicyclic) bond motifs is 2. The Hall–Kier alpha value is -4.69. The molecule has 2 aromatic heterocycles. The van der Waals surface area contributed by atoms with Gasteiger partial charge in [-0.2, -0.15) is 0 Å². The van der Waals surface area contributed by atoms with Crippen molar-refractivity contribution < 1.29 is 23.8 Å². The van der Waals surface area contributed by atoms with Gasteiger partial charge in [0.2, 0.25) is 6.79 Å². The topological polar surface area (TPSA) is 86.8 Å². The molecule has 1 amide bonds. The summed E-state index contributed by atoms with van der Waals surface area (Å²) in [6.45, 7) is 4.08. The zero-order chi connectivity index (χ0) is 27.6. The van der Waals surface area contributed by atoms with Crippen LogP contribution in [-0.4, -0.2) is 30.3 Å². The molecule has 5 aromatic rings. The molecule has 200 valence electrons. The summed E-state index contributed by atoms with van der Waals surface area (Å²) in [6, 6.07) is 24.9. The number of benzene rings is 3. The number of carbonyl (C=O) groups is 2. The number of nitrogens with zero attached hydrogens (tertiary/aromatic N) is 1. The smallest absolute Gasteiger partial charge is 0.341 e. The van der Waals surface area contributed by atoms with Crippen LogP contribution in [-0.2, 0) is 11.2 Å². The number of pyridine rings is 1. The summed E-state index contributed by atoms with van der Waals surface area (Å²) in [5.74, 6) is 0.626. The lowest BCUT2D eigenvalue weighted by atomic mass is 10.0. The highest BCUT2D eigenvalue weighted by molar-refractivity contribution is 7.17. The summed E-state index contributed by atoms with van der Waals surface area (Å²) in [7, 11) is 0. The highest BCUT2D eigenvalue weighted by Gasteiger charge is 2.25. The van der Waals surface area contributed by atoms with Crippen LogP contribution in [0.25, 0.3) is 22.2 Å². The molecule has 0 saturated carbocycles. The number of para-hydroxylation sites is 1. The quantitative estimate of drug-likeness (QED) is 0.219. The maximum atomic E-state index is 13.8. The van der Waals surface area contributed by atoms with Gasteiger partial charge in [-0.3, -0.25) is 4.79 Å². The minimum Gasteiger partial charge on any atom is -0.462 e. The van der Waals surface area contributed by atoms with Crippen LogP contribution in [0.4, 0.5) is 5.00 Å². The summed E-state index contributed by atoms with van der Waals surface area (Å²) >= 11 is 1.38. The molecule has 0 unspecified atom stereocenters. The van der Waals surface area contributed by atoms with Crippen LogP contribution in [0, 0.1) is 6.92 Å². The Labute approximate surface area is 235 Å². The molecule has 40 heavy (non-hydrogen) atoms. The number of anilines is 1. The van der Waals surface area contributed by atoms with Crippen molar-refractivity contribution in [1.29, 1.82) is 0 Å². The highest BCUT2D eigenvalue weighted by Crippen LogP contribution is 2.38. The third-order valence-corrected chi connectivity index (χ3v) is 7.99. The standard InChI is InChI=1S/C32H26N2O5S/c1-3-37-32(36)29-19(2)28(16-20-13-14-26-27(15-20)39-18-38-26)40-31(29)34-30(35)23-17-25(21-9-5-4-6-10-21)33-24-12-8-7-11-22(23)24/h4-15,17H,3,16,18H2,1-2H3,(H,34,35). The molecule has 7 nitrogen and oxygen atoms in total. The highest BCUT2D eigenvalue weighted by atomic mass is 32.1. The predicted molar refractivity (Wildman–Crippen MR) is 156 cm³/mol. The van der Waals surface area contributed by atoms with E-state index in [0.29, 0.717) is 45.3 Å². The van der Waals surface area contributed by atoms with Crippen molar-refractivity contribution in [3.05, 3.63) is 106 Å². The number of rotatable bonds is 7. The lowest BCUT2D eigenvalue weighted by Crippen LogP contribution is -2.15. The molecule has 0 aliphatic carbocycles. The molecule has 0 fully saturated rings. The fourth-order valence-corrected chi connectivity index (χ4v) is 6.02. The second-order valence-electron chi connectivity index (χ2n) is 9.33. The second-order valence-corrected chi connectivity index (χ2v) is 10.4. The van der Waals surface area contributed by atoms with Gasteiger partial charge in [0.25, 0.3) is 5.91 Å². The summed E-state index contributed by atoms with van der Waals surface area (Å²) in [5, 5.41) is 4.22. The molecule has 1 N–H and O–H groups in total. The maximum Gasteiger partial charge on any atom is 0.341 e. The van der Waals surface area contributed by atoms with Crippen LogP contribution in [0.1, 0.15) is 43.6 Å². The van der Waals surface area contributed by atoms with Crippen molar-refractivity contribution in [3.63, 3.8) is 0 Å². The number of ether oxygens (including phenoxy) is 3. The van der Waals surface area contributed by atoms with Gasteiger partial charge in [-0.05, 0) is 49.2 Å². The largest absolute Gasteiger partial charge is 0.462 e. The van der Waals surface area contributed by atoms with Gasteiger partial charge in [0.05, 0.1) is 28.9 Å². The number of hydrogen-bond donors (Lipinski definition) is 1. The molecule has 0 saturated heterocycles. The fourth-order valence-electron chi connectivity index (χ4n) is 4.79. The van der Waals surface area contributed by atoms with Crippen molar-refractivity contribution in [2.24, 2.45) is 0 Å². The minimum absolute atomic E-state index is 0.204. The van der Waals surface area contributed by atoms with Crippen LogP contribution in [0.3, 0.4) is 0 Å². The molecule has 0 spiro atoms. The molecule has 1 aliphatic rings. The number of thiophene rings is 1. The maximum absolute atomic E-state index is 13.8. The Bertz CT molecular complexity index is 1750. The lowest BCUT2D eigenvalue weighted by molar-refractivity contribution is 0.0527. The van der Waals surface area contributed by atoms with E-state index in [9.17, 15) is 9.59 Å². The molecule has 0 radical (unpaired) electrons. The Kier molecular flexibility index (Phi) is 6.92. The van der Waals surface area contributed by atoms with E-state index in [4.69, 9.17) is 19.2 Å². The van der Waals surface area contributed by atoms with Crippen LogP contribution in [0.5, 0.6) is 11.5 Å². The molecule has 3 aromatic carbocycles. The van der Waals surface area contributed by atoms with Gasteiger partial charge in [-0.25, -0.2) is 9.78 Å². The van der Waals surface area contributed by atoms with E-state index >= 15 is 0 Å². The number of carbonyl (C=O) groups excluding carboxylic acids is 2. The number of nitrogens with one attached hydrogen (secondary N) is 1. The van der Waals surface area contributed by atoms with Crippen molar-refractivity contribution >= 4 is 39.1 Å². The minimum atomic E-state index is -0.465. The summed E-state index contributed by atoms with van der Waals surface area (Å²) in [4.78, 5) is 32.6. The molecule has 1 aliphatic heterocycles. The Morgan fingerprint density at radius 1 is 0.975 bits per heavy atom. The van der Waals surface area contributed by atoms with Gasteiger partial charge in [-0.15, -0.1) is 11.3 Å². The molecule has 8 heteroatoms. The first-order valence-electron chi connectivity index (χ1n) is 13.0. The average molecular weight is 551 g/mol. The summed E-state index contributed by atoms with van der Waals surface area (Å²) in [6.07, 6.45) is 0.561. The molecule has 6 rings (SSSR count). The Morgan fingerprint density at radius 3 is 2.58 bits per heavy atom. The van der Waals surface area contributed by atoms with E-state index in [1.807, 2.05) is 79.7 Å². The third kappa shape index (κ3) is 4.89. The zero-order valence-corrected chi connectivity index (χ0v) is 22.8. The normalized spacial score (nSPS) is 11.9. The van der Waals surface area contributed by atoms with Crippen molar-refractivity contribution in [2.75, 3.05) is 18.7 Å². The second kappa shape index (κ2) is 10.8. The first-order valence-corrected chi connectivity index (χ1v) is 13.8. The van der Waals surface area contributed by atoms with Gasteiger partial charge in [0, 0.05) is 22.2 Å². The Morgan fingerprint density at radius 2 is 1.75 bits per heavy atom. The zero-order valence-electron chi connectivity index (χ0n) is 22.0. The van der Waals surface area contributed by atoms with Gasteiger partial charge >= 0.3 is 5.97 Å². The molecule has 0 atom stereocenters. The van der Waals surface area contributed by atoms with E-state index in [0.717, 1.165) is 27.0 Å². The lowest BCUT2D eigenvalue weighted by Gasteiger charge is -2.11. The average Bonchev–Trinajstić information content (AvgIpc) is 3.56. The van der Waals surface area contributed by atoms with Crippen molar-refractivity contribution in [3.8, 4) is 22.8 Å². The number of esters is 1. The molecular formula is C32H26N2O5S. The molecule has 3 heterocycles. The van der Waals surface area contributed by atoms with E-state index in [2.05, 4.69) is 5.32 Å². The van der Waals surface area contributed by atoms with E-state index in [1.165, 1.54) is 11.3 Å². The summed E-state index contributed by atoms with van der Waals surface area (Å²) < 4.78 is 16.3. The SMILES string of the molecule is CCOC(=O)c1c(NC(=O)c2cc(-c3ccccc3)nc3ccccc23)sc(Cc2ccc3c(c2)OCO3)c1C. The van der Waals surface area contributed by atoms with Gasteiger partial charge in [-0.1, -0.05) is 54.6 Å². The predicted octanol–water partition coefficient (Wildman–Crippen LogP) is 7.02. The van der Waals surface area contributed by atoms with Crippen LogP contribution < -0.4 is 14.8 Å². The third-order valence-electron chi connectivity index (χ3n) is 6.78. The Balaban J connectivity index is 1.38. The number of hydrogen-bond acceptors (Lipinski definition) is 7. The number of amides is 1. The van der Waals surface area contributed by atoms with E-state index in [1.54, 1.807) is 13.0 Å². The molecule has 0 bridgehead atoms. The van der Waals surface area contributed by atoms with Gasteiger partial charge in [0.1, 0.15) is 5.00 Å². The van der Waals surface area contributed by atoms with E-state index in [-0.39, 0.29) is 19.3 Å². The fraction of sp³-hybridized carbons (Fsp3) is 0.156. The summed E-state index contributed by atoms with van der Waals surface area (Å²) in [5.41, 5.74) is 4.95. The monoisotopic (exact) mass is 550 g/mol. The van der Waals surface area contributed by atoms with Gasteiger partial charge in [0.15, 0.2) is 11.5 Å².